The molecule has 0 unspecified atom stereocenters. The molecule has 2 heterocycles. The summed E-state index contributed by atoms with van der Waals surface area (Å²) in [5.74, 6) is 1.17. The van der Waals surface area contributed by atoms with Crippen molar-refractivity contribution in [1.29, 1.82) is 0 Å². The molecule has 0 amide bonds. The van der Waals surface area contributed by atoms with E-state index < -0.39 is 0 Å². The summed E-state index contributed by atoms with van der Waals surface area (Å²) in [5.41, 5.74) is 1.15. The van der Waals surface area contributed by atoms with Crippen LogP contribution in [0.1, 0.15) is 18.4 Å². The number of thiazole rings is 1. The van der Waals surface area contributed by atoms with Gasteiger partial charge in [0, 0.05) is 18.0 Å². The van der Waals surface area contributed by atoms with Crippen molar-refractivity contribution in [2.45, 2.75) is 20.3 Å². The minimum atomic E-state index is 1.01. The molecule has 0 aliphatic heterocycles. The normalized spacial score (nSPS) is 11.1. The Hall–Kier alpha value is -0.830. The predicted octanol–water partition coefficient (Wildman–Crippen LogP) is 2.27. The highest BCUT2D eigenvalue weighted by atomic mass is 32.1. The van der Waals surface area contributed by atoms with Crippen molar-refractivity contribution < 1.29 is 0 Å². The lowest BCUT2D eigenvalue weighted by Gasteiger charge is -1.88. The van der Waals surface area contributed by atoms with Gasteiger partial charge in [0.2, 0.25) is 0 Å². The number of aryl methyl sites for hydroxylation is 2. The van der Waals surface area contributed by atoms with E-state index >= 15 is 0 Å². The van der Waals surface area contributed by atoms with Gasteiger partial charge in [0.1, 0.15) is 10.7 Å². The summed E-state index contributed by atoms with van der Waals surface area (Å²) in [6, 6.07) is 0. The fourth-order valence-electron chi connectivity index (χ4n) is 1.29. The van der Waals surface area contributed by atoms with Gasteiger partial charge >= 0.3 is 0 Å². The van der Waals surface area contributed by atoms with E-state index in [0.29, 0.717) is 0 Å². The third-order valence-corrected chi connectivity index (χ3v) is 2.78. The second-order valence-corrected chi connectivity index (χ2v) is 3.44. The summed E-state index contributed by atoms with van der Waals surface area (Å²) in [7, 11) is 0. The number of fused-ring (bicyclic) bond motifs is 1. The Morgan fingerprint density at radius 1 is 1.64 bits per heavy atom. The molecule has 2 nitrogen and oxygen atoms in total. The molecule has 11 heavy (non-hydrogen) atoms. The number of rotatable bonds is 1. The summed E-state index contributed by atoms with van der Waals surface area (Å²) in [6.45, 7) is 4.19. The van der Waals surface area contributed by atoms with E-state index in [-0.39, 0.29) is 0 Å². The van der Waals surface area contributed by atoms with E-state index in [1.807, 2.05) is 0 Å². The van der Waals surface area contributed by atoms with Gasteiger partial charge < -0.3 is 0 Å². The van der Waals surface area contributed by atoms with Crippen molar-refractivity contribution in [2.24, 2.45) is 0 Å². The first-order valence-corrected chi connectivity index (χ1v) is 4.62. The fourth-order valence-corrected chi connectivity index (χ4v) is 2.10. The number of nitrogens with zero attached hydrogens (tertiary/aromatic N) is 2. The summed E-state index contributed by atoms with van der Waals surface area (Å²) in [4.78, 5) is 5.72. The molecular weight excluding hydrogens is 156 g/mol. The fraction of sp³-hybridized carbons (Fsp3) is 0.375. The van der Waals surface area contributed by atoms with Crippen LogP contribution in [0.15, 0.2) is 11.6 Å². The molecule has 2 rings (SSSR count). The minimum absolute atomic E-state index is 1.01. The Bertz CT molecular complexity index is 372. The van der Waals surface area contributed by atoms with E-state index in [2.05, 4.69) is 34.8 Å². The van der Waals surface area contributed by atoms with Gasteiger partial charge in [-0.25, -0.2) is 4.98 Å². The Morgan fingerprint density at radius 3 is 3.18 bits per heavy atom. The van der Waals surface area contributed by atoms with E-state index in [4.69, 9.17) is 0 Å². The van der Waals surface area contributed by atoms with Crippen LogP contribution < -0.4 is 0 Å². The van der Waals surface area contributed by atoms with Crippen LogP contribution in [0.5, 0.6) is 0 Å². The van der Waals surface area contributed by atoms with Crippen molar-refractivity contribution in [3.05, 3.63) is 23.1 Å². The zero-order valence-electron chi connectivity index (χ0n) is 6.66. The molecule has 58 valence electrons. The third kappa shape index (κ3) is 0.878. The van der Waals surface area contributed by atoms with Gasteiger partial charge in [-0.05, 0) is 6.92 Å². The molecule has 0 saturated heterocycles. The molecule has 0 atom stereocenters. The van der Waals surface area contributed by atoms with Crippen molar-refractivity contribution >= 4 is 16.2 Å². The van der Waals surface area contributed by atoms with Gasteiger partial charge in [-0.2, -0.15) is 0 Å². The quantitative estimate of drug-likeness (QED) is 0.635. The van der Waals surface area contributed by atoms with Crippen LogP contribution in [0.3, 0.4) is 0 Å². The van der Waals surface area contributed by atoms with Crippen LogP contribution in [-0.4, -0.2) is 9.38 Å². The molecule has 2 aromatic rings. The number of aromatic nitrogens is 2. The summed E-state index contributed by atoms with van der Waals surface area (Å²) >= 11 is 1.75. The highest BCUT2D eigenvalue weighted by Crippen LogP contribution is 2.18. The first-order valence-electron chi connectivity index (χ1n) is 3.74. The maximum Gasteiger partial charge on any atom is 0.122 e. The summed E-state index contributed by atoms with van der Waals surface area (Å²) < 4.78 is 2.17. The first-order chi connectivity index (χ1) is 5.33. The molecule has 0 aliphatic rings. The molecule has 0 N–H and O–H groups in total. The Kier molecular flexibility index (Phi) is 1.46. The molecule has 0 saturated carbocycles. The maximum atomic E-state index is 4.44. The van der Waals surface area contributed by atoms with Gasteiger partial charge in [0.25, 0.3) is 0 Å². The zero-order chi connectivity index (χ0) is 7.84. The Balaban J connectivity index is 2.80. The van der Waals surface area contributed by atoms with E-state index in [0.717, 1.165) is 12.1 Å². The van der Waals surface area contributed by atoms with Crippen LogP contribution in [0.25, 0.3) is 4.83 Å². The smallest absolute Gasteiger partial charge is 0.122 e. The highest BCUT2D eigenvalue weighted by Gasteiger charge is 2.05. The van der Waals surface area contributed by atoms with E-state index in [9.17, 15) is 0 Å². The van der Waals surface area contributed by atoms with Crippen molar-refractivity contribution in [3.8, 4) is 0 Å². The van der Waals surface area contributed by atoms with Crippen molar-refractivity contribution in [2.75, 3.05) is 0 Å². The first kappa shape index (κ1) is 6.85. The lowest BCUT2D eigenvalue weighted by atomic mass is 10.5. The van der Waals surface area contributed by atoms with Crippen LogP contribution in [-0.2, 0) is 6.42 Å². The standard InChI is InChI=1S/C8H10N2S/c1-3-7-9-6(2)8-10(7)4-5-11-8/h4-5H,3H2,1-2H3. The SMILES string of the molecule is CCc1nc(C)c2sccn12. The van der Waals surface area contributed by atoms with Gasteiger partial charge in [0.15, 0.2) is 0 Å². The predicted molar refractivity (Wildman–Crippen MR) is 47.2 cm³/mol. The molecule has 3 heteroatoms. The van der Waals surface area contributed by atoms with Gasteiger partial charge in [-0.15, -0.1) is 11.3 Å². The molecule has 0 aromatic carbocycles. The number of hydrogen-bond donors (Lipinski definition) is 0. The number of hydrogen-bond acceptors (Lipinski definition) is 2. The molecule has 0 aliphatic carbocycles. The Morgan fingerprint density at radius 2 is 2.45 bits per heavy atom. The average Bonchev–Trinajstić information content (AvgIpc) is 2.54. The Labute approximate surface area is 69.5 Å². The molecule has 0 bridgehead atoms. The monoisotopic (exact) mass is 166 g/mol. The van der Waals surface area contributed by atoms with Gasteiger partial charge in [-0.1, -0.05) is 6.92 Å². The second kappa shape index (κ2) is 2.34. The maximum absolute atomic E-state index is 4.44. The number of imidazole rings is 1. The summed E-state index contributed by atoms with van der Waals surface area (Å²) in [5, 5.41) is 2.10. The van der Waals surface area contributed by atoms with Crippen LogP contribution in [0.4, 0.5) is 0 Å². The molecule has 0 fully saturated rings. The van der Waals surface area contributed by atoms with Gasteiger partial charge in [-0.3, -0.25) is 4.40 Å². The second-order valence-electron chi connectivity index (χ2n) is 2.55. The van der Waals surface area contributed by atoms with Crippen LogP contribution in [0, 0.1) is 6.92 Å². The van der Waals surface area contributed by atoms with Crippen LogP contribution >= 0.6 is 11.3 Å². The topological polar surface area (TPSA) is 17.3 Å². The third-order valence-electron chi connectivity index (χ3n) is 1.81. The lowest BCUT2D eigenvalue weighted by Crippen LogP contribution is -1.87. The molecular formula is C8H10N2S. The molecule has 0 radical (unpaired) electrons. The van der Waals surface area contributed by atoms with Crippen molar-refractivity contribution in [1.82, 2.24) is 9.38 Å². The average molecular weight is 166 g/mol. The highest BCUT2D eigenvalue weighted by molar-refractivity contribution is 7.15. The van der Waals surface area contributed by atoms with Crippen molar-refractivity contribution in [3.63, 3.8) is 0 Å². The zero-order valence-corrected chi connectivity index (χ0v) is 7.48. The van der Waals surface area contributed by atoms with Crippen LogP contribution in [0.2, 0.25) is 0 Å². The van der Waals surface area contributed by atoms with E-state index in [1.54, 1.807) is 11.3 Å². The lowest BCUT2D eigenvalue weighted by molar-refractivity contribution is 0.934. The van der Waals surface area contributed by atoms with E-state index in [1.165, 1.54) is 10.7 Å². The molecule has 2 aromatic heterocycles. The minimum Gasteiger partial charge on any atom is -0.294 e. The van der Waals surface area contributed by atoms with Gasteiger partial charge in [0.05, 0.1) is 5.69 Å². The largest absolute Gasteiger partial charge is 0.294 e. The summed E-state index contributed by atoms with van der Waals surface area (Å²) in [6.07, 6.45) is 3.09. The molecule has 0 spiro atoms.